The van der Waals surface area contributed by atoms with Crippen molar-refractivity contribution in [3.8, 4) is 17.1 Å². The van der Waals surface area contributed by atoms with E-state index < -0.39 is 12.0 Å². The van der Waals surface area contributed by atoms with Crippen molar-refractivity contribution >= 4 is 62.5 Å². The smallest absolute Gasteiger partial charge is 0.338 e. The van der Waals surface area contributed by atoms with E-state index >= 15 is 0 Å². The van der Waals surface area contributed by atoms with E-state index in [0.29, 0.717) is 63.5 Å². The minimum atomic E-state index is -0.746. The van der Waals surface area contributed by atoms with Crippen LogP contribution in [0, 0.1) is 0 Å². The Morgan fingerprint density at radius 1 is 1.21 bits per heavy atom. The standard InChI is InChI=1S/C28H21BrCl2N2O5S/c1-4-37-27(35)24-14(2)32-28-33(25(24)15-5-9-22(36-3)19(29)11-15)26(34)23(39-28)13-17-7-10-21(38-17)18-8-6-16(30)12-20(18)31/h5-13,25H,4H2,1-3H3/b23-13+/t25-/m1/s1. The predicted molar refractivity (Wildman–Crippen MR) is 155 cm³/mol. The molecule has 0 amide bonds. The van der Waals surface area contributed by atoms with Crippen LogP contribution in [0.25, 0.3) is 17.4 Å². The van der Waals surface area contributed by atoms with Crippen molar-refractivity contribution in [2.75, 3.05) is 13.7 Å². The second kappa shape index (κ2) is 11.2. The van der Waals surface area contributed by atoms with Crippen LogP contribution in [0.15, 0.2) is 78.5 Å². The summed E-state index contributed by atoms with van der Waals surface area (Å²) in [5.74, 6) is 1.10. The summed E-state index contributed by atoms with van der Waals surface area (Å²) in [4.78, 5) is 31.9. The predicted octanol–water partition coefficient (Wildman–Crippen LogP) is 6.14. The number of thiazole rings is 1. The van der Waals surface area contributed by atoms with Gasteiger partial charge < -0.3 is 13.9 Å². The quantitative estimate of drug-likeness (QED) is 0.235. The number of halogens is 3. The molecule has 39 heavy (non-hydrogen) atoms. The number of furan rings is 1. The molecule has 1 atom stereocenters. The Bertz CT molecular complexity index is 1820. The molecular weight excluding hydrogens is 627 g/mol. The summed E-state index contributed by atoms with van der Waals surface area (Å²) in [7, 11) is 1.57. The fourth-order valence-corrected chi connectivity index (χ4v) is 6.44. The fraction of sp³-hybridized carbons (Fsp3) is 0.179. The van der Waals surface area contributed by atoms with Crippen LogP contribution in [-0.2, 0) is 9.53 Å². The minimum Gasteiger partial charge on any atom is -0.496 e. The minimum absolute atomic E-state index is 0.192. The number of methoxy groups -OCH3 is 1. The Hall–Kier alpha value is -3.11. The largest absolute Gasteiger partial charge is 0.496 e. The van der Waals surface area contributed by atoms with Gasteiger partial charge in [0.2, 0.25) is 0 Å². The summed E-state index contributed by atoms with van der Waals surface area (Å²) in [6.07, 6.45) is 1.65. The first kappa shape index (κ1) is 27.5. The Morgan fingerprint density at radius 2 is 2.00 bits per heavy atom. The number of carbonyl (C=O) groups is 1. The van der Waals surface area contributed by atoms with Crippen LogP contribution in [-0.4, -0.2) is 24.3 Å². The first-order chi connectivity index (χ1) is 18.7. The molecule has 0 unspecified atom stereocenters. The second-order valence-corrected chi connectivity index (χ2v) is 11.2. The highest BCUT2D eigenvalue weighted by molar-refractivity contribution is 9.10. The molecule has 2 aromatic heterocycles. The van der Waals surface area contributed by atoms with Gasteiger partial charge in [-0.2, -0.15) is 0 Å². The van der Waals surface area contributed by atoms with Crippen molar-refractivity contribution in [3.05, 3.63) is 105 Å². The van der Waals surface area contributed by atoms with Gasteiger partial charge in [-0.3, -0.25) is 9.36 Å². The lowest BCUT2D eigenvalue weighted by molar-refractivity contribution is -0.139. The molecule has 4 aromatic rings. The van der Waals surface area contributed by atoms with Gasteiger partial charge in [-0.1, -0.05) is 40.6 Å². The van der Waals surface area contributed by atoms with E-state index in [0.717, 1.165) is 0 Å². The summed E-state index contributed by atoms with van der Waals surface area (Å²) in [6.45, 7) is 3.66. The highest BCUT2D eigenvalue weighted by Gasteiger charge is 2.33. The number of aromatic nitrogens is 1. The van der Waals surface area contributed by atoms with Crippen LogP contribution in [0.1, 0.15) is 31.2 Å². The van der Waals surface area contributed by atoms with Gasteiger partial charge in [0.15, 0.2) is 4.80 Å². The third-order valence-electron chi connectivity index (χ3n) is 6.11. The van der Waals surface area contributed by atoms with Gasteiger partial charge in [0, 0.05) is 16.7 Å². The maximum atomic E-state index is 13.8. The van der Waals surface area contributed by atoms with E-state index in [-0.39, 0.29) is 12.2 Å². The Balaban J connectivity index is 1.65. The molecule has 200 valence electrons. The molecule has 0 saturated carbocycles. The van der Waals surface area contributed by atoms with Crippen LogP contribution in [0.5, 0.6) is 5.75 Å². The number of benzene rings is 2. The number of ether oxygens (including phenoxy) is 2. The zero-order valence-electron chi connectivity index (χ0n) is 21.0. The molecule has 5 rings (SSSR count). The number of allylic oxidation sites excluding steroid dienone is 1. The van der Waals surface area contributed by atoms with Crippen LogP contribution in [0.3, 0.4) is 0 Å². The topological polar surface area (TPSA) is 83.0 Å². The van der Waals surface area contributed by atoms with Crippen LogP contribution in [0.4, 0.5) is 0 Å². The van der Waals surface area contributed by atoms with Gasteiger partial charge in [-0.25, -0.2) is 9.79 Å². The molecule has 0 bridgehead atoms. The third-order valence-corrected chi connectivity index (χ3v) is 8.26. The van der Waals surface area contributed by atoms with E-state index in [1.807, 2.05) is 12.1 Å². The molecule has 2 aromatic carbocycles. The Kier molecular flexibility index (Phi) is 7.87. The lowest BCUT2D eigenvalue weighted by Gasteiger charge is -2.25. The monoisotopic (exact) mass is 646 g/mol. The molecule has 0 spiro atoms. The number of nitrogens with zero attached hydrogens (tertiary/aromatic N) is 2. The number of hydrogen-bond acceptors (Lipinski definition) is 7. The normalized spacial score (nSPS) is 15.2. The van der Waals surface area contributed by atoms with Crippen molar-refractivity contribution in [1.29, 1.82) is 0 Å². The number of hydrogen-bond donors (Lipinski definition) is 0. The van der Waals surface area contributed by atoms with Gasteiger partial charge in [-0.05, 0) is 77.8 Å². The molecule has 0 saturated heterocycles. The maximum Gasteiger partial charge on any atom is 0.338 e. The second-order valence-electron chi connectivity index (χ2n) is 8.52. The maximum absolute atomic E-state index is 13.8. The molecule has 0 N–H and O–H groups in total. The summed E-state index contributed by atoms with van der Waals surface area (Å²) in [5.41, 5.74) is 1.85. The third kappa shape index (κ3) is 5.24. The number of carbonyl (C=O) groups excluding carboxylic acids is 1. The first-order valence-electron chi connectivity index (χ1n) is 11.8. The first-order valence-corrected chi connectivity index (χ1v) is 14.2. The molecule has 0 radical (unpaired) electrons. The fourth-order valence-electron chi connectivity index (χ4n) is 4.35. The van der Waals surface area contributed by atoms with Crippen LogP contribution < -0.4 is 19.6 Å². The Morgan fingerprint density at radius 3 is 2.69 bits per heavy atom. The van der Waals surface area contributed by atoms with E-state index in [4.69, 9.17) is 37.1 Å². The zero-order chi connectivity index (χ0) is 27.8. The van der Waals surface area contributed by atoms with E-state index in [1.165, 1.54) is 15.9 Å². The highest BCUT2D eigenvalue weighted by Crippen LogP contribution is 2.35. The van der Waals surface area contributed by atoms with Gasteiger partial charge in [0.05, 0.1) is 45.1 Å². The molecular formula is C28H21BrCl2N2O5S. The van der Waals surface area contributed by atoms with Gasteiger partial charge in [-0.15, -0.1) is 0 Å². The number of rotatable bonds is 6. The van der Waals surface area contributed by atoms with Gasteiger partial charge in [0.25, 0.3) is 5.56 Å². The van der Waals surface area contributed by atoms with Crippen LogP contribution in [0.2, 0.25) is 10.0 Å². The van der Waals surface area contributed by atoms with E-state index in [2.05, 4.69) is 20.9 Å². The van der Waals surface area contributed by atoms with Crippen LogP contribution >= 0.6 is 50.5 Å². The molecule has 1 aliphatic rings. The van der Waals surface area contributed by atoms with Crippen molar-refractivity contribution in [3.63, 3.8) is 0 Å². The summed E-state index contributed by atoms with van der Waals surface area (Å²) in [6, 6.07) is 13.3. The molecule has 3 heterocycles. The number of fused-ring (bicyclic) bond motifs is 1. The Labute approximate surface area is 245 Å². The average Bonchev–Trinajstić information content (AvgIpc) is 3.47. The van der Waals surface area contributed by atoms with Gasteiger partial charge >= 0.3 is 5.97 Å². The molecule has 11 heteroatoms. The van der Waals surface area contributed by atoms with Crippen molar-refractivity contribution in [2.24, 2.45) is 4.99 Å². The lowest BCUT2D eigenvalue weighted by atomic mass is 9.96. The summed E-state index contributed by atoms with van der Waals surface area (Å²) < 4.78 is 19.3. The summed E-state index contributed by atoms with van der Waals surface area (Å²) >= 11 is 17.1. The van der Waals surface area contributed by atoms with Crippen molar-refractivity contribution in [1.82, 2.24) is 4.57 Å². The molecule has 0 aliphatic carbocycles. The lowest BCUT2D eigenvalue weighted by Crippen LogP contribution is -2.39. The van der Waals surface area contributed by atoms with Gasteiger partial charge in [0.1, 0.15) is 17.3 Å². The molecule has 1 aliphatic heterocycles. The molecule has 7 nitrogen and oxygen atoms in total. The van der Waals surface area contributed by atoms with Crippen molar-refractivity contribution in [2.45, 2.75) is 19.9 Å². The van der Waals surface area contributed by atoms with Crippen molar-refractivity contribution < 1.29 is 18.7 Å². The van der Waals surface area contributed by atoms with E-state index in [1.54, 1.807) is 63.4 Å². The average molecular weight is 648 g/mol. The number of esters is 1. The SMILES string of the molecule is CCOC(=O)C1=C(C)N=c2s/c(=C/c3ccc(-c4ccc(Cl)cc4Cl)o3)c(=O)n2[C@@H]1c1ccc(OC)c(Br)c1. The van der Waals surface area contributed by atoms with E-state index in [9.17, 15) is 9.59 Å². The molecule has 0 fully saturated rings. The summed E-state index contributed by atoms with van der Waals surface area (Å²) in [5, 5.41) is 0.975. The zero-order valence-corrected chi connectivity index (χ0v) is 24.9. The highest BCUT2D eigenvalue weighted by atomic mass is 79.9.